The van der Waals surface area contributed by atoms with Crippen LogP contribution in [0.2, 0.25) is 0 Å². The van der Waals surface area contributed by atoms with E-state index < -0.39 is 0 Å². The third kappa shape index (κ3) is 7.23. The van der Waals surface area contributed by atoms with Crippen LogP contribution in [0.3, 0.4) is 0 Å². The van der Waals surface area contributed by atoms with Crippen LogP contribution in [-0.4, -0.2) is 20.9 Å². The van der Waals surface area contributed by atoms with Gasteiger partial charge in [0.15, 0.2) is 0 Å². The van der Waals surface area contributed by atoms with Gasteiger partial charge in [-0.3, -0.25) is 0 Å². The van der Waals surface area contributed by atoms with Crippen molar-refractivity contribution in [2.45, 2.75) is 0 Å². The fourth-order valence-corrected chi connectivity index (χ4v) is 2.37. The summed E-state index contributed by atoms with van der Waals surface area (Å²) in [6, 6.07) is 0. The van der Waals surface area contributed by atoms with Crippen molar-refractivity contribution >= 4 is 52.8 Å². The van der Waals surface area contributed by atoms with Crippen molar-refractivity contribution in [2.24, 2.45) is 0 Å². The summed E-state index contributed by atoms with van der Waals surface area (Å²) < 4.78 is 4.28. The minimum atomic E-state index is 0.0221. The second kappa shape index (κ2) is 7.23. The molecule has 0 spiro atoms. The number of hydrogen-bond acceptors (Lipinski definition) is 0. The molecule has 0 atom stereocenters. The average Bonchev–Trinajstić information content (AvgIpc) is 1.69. The van der Waals surface area contributed by atoms with Gasteiger partial charge in [-0.2, -0.15) is 0 Å². The maximum absolute atomic E-state index is 3.18. The third-order valence-corrected chi connectivity index (χ3v) is 4.64. The zero-order valence-electron chi connectivity index (χ0n) is 3.47. The fraction of sp³-hybridized carbons (Fsp3) is 0. The summed E-state index contributed by atoms with van der Waals surface area (Å²) in [5.74, 6) is 0. The van der Waals surface area contributed by atoms with Crippen molar-refractivity contribution in [3.63, 3.8) is 0 Å². The molecule has 0 nitrogen and oxygen atoms in total. The maximum atomic E-state index is 3.18. The number of rotatable bonds is 2. The molecule has 0 radical (unpaired) electrons. The first-order chi connectivity index (χ1) is 3.41. The Balaban J connectivity index is 2.98. The molecule has 0 bridgehead atoms. The van der Waals surface area contributed by atoms with Crippen LogP contribution < -0.4 is 0 Å². The zero-order chi connectivity index (χ0) is 5.54. The Morgan fingerprint density at radius 3 is 1.71 bits per heavy atom. The summed E-state index contributed by atoms with van der Waals surface area (Å²) in [7, 11) is 0. The standard InChI is InChI=1S/C4H4Br2Te/c5-1-3-7-4-2-6/h1-4H. The molecule has 0 aromatic carbocycles. The quantitative estimate of drug-likeness (QED) is 0.678. The van der Waals surface area contributed by atoms with E-state index in [1.807, 2.05) is 9.97 Å². The van der Waals surface area contributed by atoms with Crippen molar-refractivity contribution in [3.05, 3.63) is 18.2 Å². The average molecular weight is 339 g/mol. The summed E-state index contributed by atoms with van der Waals surface area (Å²) in [6.07, 6.45) is 0. The van der Waals surface area contributed by atoms with E-state index in [1.54, 1.807) is 0 Å². The van der Waals surface area contributed by atoms with Gasteiger partial charge in [-0.15, -0.1) is 0 Å². The molecule has 0 aliphatic rings. The summed E-state index contributed by atoms with van der Waals surface area (Å²) in [5, 5.41) is 0. The Morgan fingerprint density at radius 2 is 1.43 bits per heavy atom. The Morgan fingerprint density at radius 1 is 1.00 bits per heavy atom. The van der Waals surface area contributed by atoms with Crippen LogP contribution in [0.25, 0.3) is 0 Å². The van der Waals surface area contributed by atoms with Crippen LogP contribution in [-0.2, 0) is 0 Å². The molecule has 0 N–H and O–H groups in total. The molecule has 0 aliphatic heterocycles. The molecule has 0 aliphatic carbocycles. The topological polar surface area (TPSA) is 0 Å². The molecule has 0 fully saturated rings. The minimum absolute atomic E-state index is 0.0221. The van der Waals surface area contributed by atoms with Crippen molar-refractivity contribution in [1.29, 1.82) is 0 Å². The van der Waals surface area contributed by atoms with Crippen LogP contribution in [0.15, 0.2) is 18.2 Å². The predicted molar refractivity (Wildman–Crippen MR) is 41.9 cm³/mol. The molecule has 0 unspecified atom stereocenters. The second-order valence-corrected chi connectivity index (χ2v) is 4.05. The molecule has 0 saturated heterocycles. The Bertz CT molecular complexity index is 67.8. The van der Waals surface area contributed by atoms with Crippen molar-refractivity contribution in [3.8, 4) is 0 Å². The van der Waals surface area contributed by atoms with Crippen LogP contribution >= 0.6 is 31.9 Å². The molecular formula is C4H4Br2Te. The van der Waals surface area contributed by atoms with Gasteiger partial charge in [0.1, 0.15) is 0 Å². The normalized spacial score (nSPS) is 11.7. The van der Waals surface area contributed by atoms with Crippen LogP contribution in [0.1, 0.15) is 0 Å². The SMILES string of the molecule is BrC=C[Te]C=CBr. The number of halogens is 2. The van der Waals surface area contributed by atoms with Gasteiger partial charge in [0.2, 0.25) is 0 Å². The van der Waals surface area contributed by atoms with Crippen LogP contribution in [0.4, 0.5) is 0 Å². The molecule has 0 rings (SSSR count). The molecule has 0 heterocycles. The molecule has 3 heteroatoms. The van der Waals surface area contributed by atoms with E-state index in [-0.39, 0.29) is 20.9 Å². The van der Waals surface area contributed by atoms with E-state index in [0.717, 1.165) is 0 Å². The Kier molecular flexibility index (Phi) is 8.50. The van der Waals surface area contributed by atoms with E-state index >= 15 is 0 Å². The fourth-order valence-electron chi connectivity index (χ4n) is 0.105. The van der Waals surface area contributed by atoms with Gasteiger partial charge in [-0.1, -0.05) is 0 Å². The summed E-state index contributed by atoms with van der Waals surface area (Å²) in [5.41, 5.74) is 0. The molecule has 0 aromatic heterocycles. The summed E-state index contributed by atoms with van der Waals surface area (Å²) in [6.45, 7) is 0. The summed E-state index contributed by atoms with van der Waals surface area (Å²) in [4.78, 5) is 3.81. The van der Waals surface area contributed by atoms with E-state index in [0.29, 0.717) is 0 Å². The first-order valence-corrected chi connectivity index (χ1v) is 6.10. The van der Waals surface area contributed by atoms with Crippen molar-refractivity contribution in [2.75, 3.05) is 0 Å². The second-order valence-electron chi connectivity index (χ2n) is 0.660. The van der Waals surface area contributed by atoms with Gasteiger partial charge in [-0.25, -0.2) is 0 Å². The molecule has 7 heavy (non-hydrogen) atoms. The third-order valence-electron chi connectivity index (χ3n) is 0.260. The molecule has 0 aromatic rings. The molecule has 0 amide bonds. The van der Waals surface area contributed by atoms with Crippen molar-refractivity contribution in [1.82, 2.24) is 0 Å². The number of hydrogen-bond donors (Lipinski definition) is 0. The summed E-state index contributed by atoms with van der Waals surface area (Å²) >= 11 is 6.39. The van der Waals surface area contributed by atoms with Gasteiger partial charge in [0, 0.05) is 0 Å². The predicted octanol–water partition coefficient (Wildman–Crippen LogP) is 2.42. The van der Waals surface area contributed by atoms with E-state index in [9.17, 15) is 0 Å². The monoisotopic (exact) mass is 340 g/mol. The van der Waals surface area contributed by atoms with Gasteiger partial charge in [0.25, 0.3) is 0 Å². The Hall–Kier alpha value is 1.23. The Labute approximate surface area is 70.4 Å². The molecule has 40 valence electrons. The first kappa shape index (κ1) is 8.23. The van der Waals surface area contributed by atoms with Crippen molar-refractivity contribution < 1.29 is 0 Å². The molecule has 0 saturated carbocycles. The van der Waals surface area contributed by atoms with E-state index in [2.05, 4.69) is 40.1 Å². The van der Waals surface area contributed by atoms with Crippen LogP contribution in [0, 0.1) is 0 Å². The van der Waals surface area contributed by atoms with Crippen LogP contribution in [0.5, 0.6) is 0 Å². The van der Waals surface area contributed by atoms with Gasteiger partial charge >= 0.3 is 71.0 Å². The zero-order valence-corrected chi connectivity index (χ0v) is 8.98. The first-order valence-electron chi connectivity index (χ1n) is 1.57. The molecular weight excluding hydrogens is 335 g/mol. The van der Waals surface area contributed by atoms with E-state index in [4.69, 9.17) is 0 Å². The van der Waals surface area contributed by atoms with E-state index in [1.165, 1.54) is 0 Å². The van der Waals surface area contributed by atoms with Gasteiger partial charge in [-0.05, 0) is 0 Å². The van der Waals surface area contributed by atoms with Gasteiger partial charge < -0.3 is 0 Å². The van der Waals surface area contributed by atoms with Gasteiger partial charge in [0.05, 0.1) is 0 Å².